The molecule has 1 N–H and O–H groups in total. The Hall–Kier alpha value is -5.45. The SMILES string of the molecule is CC[C@@H]1C[C@]1(CC(=O)[C@@H]1C[C@@H](Oc2nc(-c3ccc(C(F)(F)F)cc3)nc3c2oc2ccccc23)CN1C(=O)[C@@H](Cc1cc(F)cc(F)c1)C1CCCCC1)C(=O)NS(=O)(=O)C1CC1. The Labute approximate surface area is 366 Å². The molecule has 17 heteroatoms. The minimum Gasteiger partial charge on any atom is -0.470 e. The van der Waals surface area contributed by atoms with E-state index < -0.39 is 79.7 Å². The first kappa shape index (κ1) is 43.8. The summed E-state index contributed by atoms with van der Waals surface area (Å²) in [7, 11) is -3.92. The number of likely N-dealkylation sites (tertiary alicyclic amines) is 1. The summed E-state index contributed by atoms with van der Waals surface area (Å²) < 4.78 is 110. The maximum atomic E-state index is 15.2. The first-order chi connectivity index (χ1) is 30.5. The van der Waals surface area contributed by atoms with Gasteiger partial charge in [0.25, 0.3) is 5.88 Å². The number of alkyl halides is 3. The third kappa shape index (κ3) is 8.71. The van der Waals surface area contributed by atoms with Crippen molar-refractivity contribution >= 4 is 49.7 Å². The lowest BCUT2D eigenvalue weighted by molar-refractivity contribution is -0.143. The van der Waals surface area contributed by atoms with Crippen LogP contribution in [0.4, 0.5) is 22.0 Å². The Kier molecular flexibility index (Phi) is 11.5. The number of nitrogens with zero attached hydrogens (tertiary/aromatic N) is 3. The van der Waals surface area contributed by atoms with Gasteiger partial charge in [-0.05, 0) is 92.3 Å². The third-order valence-corrected chi connectivity index (χ3v) is 15.5. The molecule has 64 heavy (non-hydrogen) atoms. The number of carbonyl (C=O) groups excluding carboxylic acids is 3. The second kappa shape index (κ2) is 16.8. The van der Waals surface area contributed by atoms with E-state index in [1.165, 1.54) is 29.2 Å². The van der Waals surface area contributed by atoms with Crippen molar-refractivity contribution in [2.24, 2.45) is 23.2 Å². The molecule has 11 nitrogen and oxygen atoms in total. The average molecular weight is 907 g/mol. The van der Waals surface area contributed by atoms with Crippen LogP contribution in [0.3, 0.4) is 0 Å². The fourth-order valence-electron chi connectivity index (χ4n) is 9.97. The summed E-state index contributed by atoms with van der Waals surface area (Å²) in [5.74, 6) is -4.43. The van der Waals surface area contributed by atoms with Crippen molar-refractivity contribution in [3.63, 3.8) is 0 Å². The van der Waals surface area contributed by atoms with Crippen LogP contribution in [0, 0.1) is 34.8 Å². The smallest absolute Gasteiger partial charge is 0.416 e. The molecule has 3 aromatic carbocycles. The van der Waals surface area contributed by atoms with Crippen molar-refractivity contribution in [3.05, 3.63) is 89.5 Å². The summed E-state index contributed by atoms with van der Waals surface area (Å²) in [6.45, 7) is 1.72. The Morgan fingerprint density at radius 1 is 0.953 bits per heavy atom. The molecule has 0 spiro atoms. The maximum Gasteiger partial charge on any atom is 0.416 e. The number of carbonyl (C=O) groups is 3. The van der Waals surface area contributed by atoms with Gasteiger partial charge in [0, 0.05) is 35.8 Å². The van der Waals surface area contributed by atoms with Crippen molar-refractivity contribution in [1.82, 2.24) is 19.6 Å². The number of Topliss-reactive ketones (excluding diaryl/α,β-unsaturated/α-hetero) is 1. The van der Waals surface area contributed by atoms with E-state index in [2.05, 4.69) is 14.7 Å². The standard InChI is InChI=1S/C47H47F5N4O7S/c1-2-29-23-46(29,45(59)55-64(60,61)34-16-17-34)24-38(57)37-22-33(25-56(37)44(58)36(27-8-4-3-5-9-27)20-26-18-31(48)21-32(49)19-26)62-43-41-40(35-10-6-7-11-39(35)63-41)53-42(54-43)28-12-14-30(15-13-28)47(50,51)52/h6-7,10-15,18-19,21,27,29,33-34,36-37H,2-5,8-9,16-17,20,22-25H2,1H3,(H,55,59)/t29-,33-,36+,37+,46-/m1/s1. The van der Waals surface area contributed by atoms with Crippen LogP contribution < -0.4 is 9.46 Å². The molecule has 5 aromatic rings. The summed E-state index contributed by atoms with van der Waals surface area (Å²) in [6, 6.07) is 13.4. The molecule has 1 saturated heterocycles. The number of benzene rings is 3. The van der Waals surface area contributed by atoms with Crippen molar-refractivity contribution in [1.29, 1.82) is 0 Å². The van der Waals surface area contributed by atoms with Crippen LogP contribution in [0.2, 0.25) is 0 Å². The fourth-order valence-corrected chi connectivity index (χ4v) is 11.4. The van der Waals surface area contributed by atoms with Crippen LogP contribution in [0.25, 0.3) is 33.5 Å². The van der Waals surface area contributed by atoms with Gasteiger partial charge in [-0.1, -0.05) is 56.9 Å². The Morgan fingerprint density at radius 3 is 2.31 bits per heavy atom. The third-order valence-electron chi connectivity index (χ3n) is 13.6. The monoisotopic (exact) mass is 906 g/mol. The summed E-state index contributed by atoms with van der Waals surface area (Å²) in [5.41, 5.74) is -0.722. The number of ketones is 1. The van der Waals surface area contributed by atoms with E-state index in [0.717, 1.165) is 37.5 Å². The van der Waals surface area contributed by atoms with Crippen molar-refractivity contribution in [2.45, 2.75) is 108 Å². The molecule has 2 amide bonds. The molecule has 2 aromatic heterocycles. The van der Waals surface area contributed by atoms with Crippen molar-refractivity contribution in [2.75, 3.05) is 6.54 Å². The molecule has 3 heterocycles. The molecule has 5 atom stereocenters. The molecule has 3 aliphatic carbocycles. The lowest BCUT2D eigenvalue weighted by atomic mass is 9.76. The number of aromatic nitrogens is 2. The highest BCUT2D eigenvalue weighted by Gasteiger charge is 2.62. The number of para-hydroxylation sites is 1. The van der Waals surface area contributed by atoms with E-state index >= 15 is 4.79 Å². The molecule has 338 valence electrons. The normalized spacial score (nSPS) is 23.3. The predicted octanol–water partition coefficient (Wildman–Crippen LogP) is 9.11. The van der Waals surface area contributed by atoms with Gasteiger partial charge in [-0.25, -0.2) is 22.2 Å². The number of fused-ring (bicyclic) bond motifs is 3. The largest absolute Gasteiger partial charge is 0.470 e. The summed E-state index contributed by atoms with van der Waals surface area (Å²) in [5, 5.41) is -0.0764. The fraction of sp³-hybridized carbons (Fsp3) is 0.468. The molecule has 3 saturated carbocycles. The van der Waals surface area contributed by atoms with E-state index in [1.54, 1.807) is 24.3 Å². The number of rotatable bonds is 14. The highest BCUT2D eigenvalue weighted by atomic mass is 32.2. The van der Waals surface area contributed by atoms with Crippen LogP contribution in [-0.2, 0) is 37.0 Å². The maximum absolute atomic E-state index is 15.2. The lowest BCUT2D eigenvalue weighted by Crippen LogP contribution is -2.48. The molecule has 0 bridgehead atoms. The zero-order chi connectivity index (χ0) is 45.1. The number of halogens is 5. The van der Waals surface area contributed by atoms with Crippen LogP contribution >= 0.6 is 0 Å². The number of furan rings is 1. The number of hydrogen-bond acceptors (Lipinski definition) is 9. The van der Waals surface area contributed by atoms with Crippen molar-refractivity contribution in [3.8, 4) is 17.3 Å². The number of sulfonamides is 1. The summed E-state index contributed by atoms with van der Waals surface area (Å²) in [4.78, 5) is 54.5. The van der Waals surface area contributed by atoms with Crippen LogP contribution in [0.5, 0.6) is 5.88 Å². The zero-order valence-electron chi connectivity index (χ0n) is 35.0. The van der Waals surface area contributed by atoms with Gasteiger partial charge in [0.2, 0.25) is 27.4 Å². The quantitative estimate of drug-likeness (QED) is 0.108. The molecule has 4 aliphatic rings. The Bertz CT molecular complexity index is 2720. The molecule has 9 rings (SSSR count). The number of amides is 2. The molecular formula is C47H47F5N4O7S. The highest BCUT2D eigenvalue weighted by molar-refractivity contribution is 7.90. The van der Waals surface area contributed by atoms with Crippen molar-refractivity contribution < 1.29 is 53.9 Å². The van der Waals surface area contributed by atoms with Gasteiger partial charge < -0.3 is 14.1 Å². The van der Waals surface area contributed by atoms with Gasteiger partial charge in [-0.3, -0.25) is 19.1 Å². The number of ether oxygens (including phenoxy) is 1. The molecule has 0 unspecified atom stereocenters. The topological polar surface area (TPSA) is 149 Å². The van der Waals surface area contributed by atoms with Crippen LogP contribution in [0.1, 0.15) is 88.7 Å². The van der Waals surface area contributed by atoms with Gasteiger partial charge in [0.1, 0.15) is 28.8 Å². The van der Waals surface area contributed by atoms with Gasteiger partial charge in [-0.15, -0.1) is 0 Å². The van der Waals surface area contributed by atoms with E-state index in [1.807, 2.05) is 6.92 Å². The predicted molar refractivity (Wildman–Crippen MR) is 225 cm³/mol. The van der Waals surface area contributed by atoms with Gasteiger partial charge in [0.05, 0.1) is 28.8 Å². The Balaban J connectivity index is 1.08. The lowest BCUT2D eigenvalue weighted by Gasteiger charge is -2.34. The summed E-state index contributed by atoms with van der Waals surface area (Å²) in [6.07, 6.45) is -0.148. The minimum atomic E-state index is -4.57. The van der Waals surface area contributed by atoms with E-state index in [9.17, 15) is 40.0 Å². The molecular weight excluding hydrogens is 860 g/mol. The summed E-state index contributed by atoms with van der Waals surface area (Å²) >= 11 is 0. The van der Waals surface area contributed by atoms with E-state index in [0.29, 0.717) is 48.6 Å². The molecule has 4 fully saturated rings. The van der Waals surface area contributed by atoms with E-state index in [-0.39, 0.29) is 72.5 Å². The van der Waals surface area contributed by atoms with Crippen LogP contribution in [0.15, 0.2) is 71.1 Å². The zero-order valence-corrected chi connectivity index (χ0v) is 35.8. The highest BCUT2D eigenvalue weighted by Crippen LogP contribution is 2.58. The second-order valence-electron chi connectivity index (χ2n) is 18.0. The Morgan fingerprint density at radius 2 is 1.66 bits per heavy atom. The molecule has 0 radical (unpaired) electrons. The number of hydrogen-bond donors (Lipinski definition) is 1. The van der Waals surface area contributed by atoms with Gasteiger partial charge in [-0.2, -0.15) is 18.2 Å². The molecule has 1 aliphatic heterocycles. The first-order valence-electron chi connectivity index (χ1n) is 21.9. The number of nitrogens with one attached hydrogen (secondary N) is 1. The average Bonchev–Trinajstić information content (AvgIpc) is 4.17. The second-order valence-corrected chi connectivity index (χ2v) is 19.9. The van der Waals surface area contributed by atoms with E-state index in [4.69, 9.17) is 9.15 Å². The van der Waals surface area contributed by atoms with Gasteiger partial charge >= 0.3 is 6.18 Å². The van der Waals surface area contributed by atoms with Gasteiger partial charge in [0.15, 0.2) is 11.6 Å². The minimum absolute atomic E-state index is 0.00635. The van der Waals surface area contributed by atoms with Crippen LogP contribution in [-0.4, -0.2) is 64.8 Å². The first-order valence-corrected chi connectivity index (χ1v) is 23.5.